The van der Waals surface area contributed by atoms with Gasteiger partial charge in [-0.1, -0.05) is 12.2 Å². The third-order valence-electron chi connectivity index (χ3n) is 2.01. The van der Waals surface area contributed by atoms with Crippen molar-refractivity contribution in [2.75, 3.05) is 6.61 Å². The highest BCUT2D eigenvalue weighted by Crippen LogP contribution is 1.97. The van der Waals surface area contributed by atoms with Crippen LogP contribution in [0, 0.1) is 0 Å². The molecule has 16 heavy (non-hydrogen) atoms. The summed E-state index contributed by atoms with van der Waals surface area (Å²) < 4.78 is 5.07. The first kappa shape index (κ1) is 14.6. The zero-order valence-corrected chi connectivity index (χ0v) is 9.90. The number of rotatable bonds is 7. The minimum Gasteiger partial charge on any atom is -0.480 e. The molecule has 0 rings (SSSR count). The first-order valence-corrected chi connectivity index (χ1v) is 5.28. The number of carboxylic acids is 1. The van der Waals surface area contributed by atoms with Crippen molar-refractivity contribution >= 4 is 11.9 Å². The molecular formula is C11H19NO4. The molecule has 0 aromatic carbocycles. The average molecular weight is 229 g/mol. The molecule has 0 aromatic rings. The van der Waals surface area contributed by atoms with Gasteiger partial charge in [0, 0.05) is 6.61 Å². The van der Waals surface area contributed by atoms with E-state index in [0.717, 1.165) is 0 Å². The topological polar surface area (TPSA) is 75.6 Å². The summed E-state index contributed by atoms with van der Waals surface area (Å²) in [4.78, 5) is 22.3. The number of carboxylic acid groups (broad SMARTS) is 1. The number of carbonyl (C=O) groups is 2. The second kappa shape index (κ2) is 7.87. The van der Waals surface area contributed by atoms with Gasteiger partial charge in [-0.05, 0) is 27.2 Å². The number of carbonyl (C=O) groups excluding carboxylic acids is 1. The zero-order valence-electron chi connectivity index (χ0n) is 9.90. The molecule has 0 aliphatic carbocycles. The minimum atomic E-state index is -1.05. The molecule has 0 radical (unpaired) electrons. The molecule has 0 aromatic heterocycles. The van der Waals surface area contributed by atoms with Gasteiger partial charge >= 0.3 is 5.97 Å². The van der Waals surface area contributed by atoms with Crippen LogP contribution in [0.15, 0.2) is 12.2 Å². The summed E-state index contributed by atoms with van der Waals surface area (Å²) in [6.45, 7) is 5.58. The van der Waals surface area contributed by atoms with Crippen molar-refractivity contribution in [3.8, 4) is 0 Å². The van der Waals surface area contributed by atoms with Crippen molar-refractivity contribution < 1.29 is 19.4 Å². The molecule has 2 atom stereocenters. The second-order valence-electron chi connectivity index (χ2n) is 3.30. The number of allylic oxidation sites excluding steroid dienone is 1. The van der Waals surface area contributed by atoms with Crippen LogP contribution in [-0.2, 0) is 14.3 Å². The Hall–Kier alpha value is -1.36. The lowest BCUT2D eigenvalue weighted by Gasteiger charge is -2.16. The quantitative estimate of drug-likeness (QED) is 0.637. The lowest BCUT2D eigenvalue weighted by Crippen LogP contribution is -2.45. The highest BCUT2D eigenvalue weighted by Gasteiger charge is 2.21. The molecule has 2 N–H and O–H groups in total. The predicted octanol–water partition coefficient (Wildman–Crippen LogP) is 0.947. The normalized spacial score (nSPS) is 14.7. The molecule has 0 bridgehead atoms. The Bertz CT molecular complexity index is 263. The molecule has 92 valence electrons. The summed E-state index contributed by atoms with van der Waals surface area (Å²) in [7, 11) is 0. The van der Waals surface area contributed by atoms with Crippen LogP contribution in [0.5, 0.6) is 0 Å². The number of amides is 1. The average Bonchev–Trinajstić information content (AvgIpc) is 2.23. The number of nitrogens with one attached hydrogen (secondary N) is 1. The van der Waals surface area contributed by atoms with Gasteiger partial charge < -0.3 is 15.2 Å². The Morgan fingerprint density at radius 2 is 2.12 bits per heavy atom. The third-order valence-corrected chi connectivity index (χ3v) is 2.01. The molecule has 0 spiro atoms. The molecule has 2 unspecified atom stereocenters. The fraction of sp³-hybridized carbons (Fsp3) is 0.636. The van der Waals surface area contributed by atoms with Crippen LogP contribution >= 0.6 is 0 Å². The van der Waals surface area contributed by atoms with Crippen molar-refractivity contribution in [1.82, 2.24) is 5.32 Å². The maximum Gasteiger partial charge on any atom is 0.326 e. The second-order valence-corrected chi connectivity index (χ2v) is 3.30. The van der Waals surface area contributed by atoms with Crippen LogP contribution in [0.2, 0.25) is 0 Å². The first-order chi connectivity index (χ1) is 7.52. The van der Waals surface area contributed by atoms with Crippen LogP contribution in [0.25, 0.3) is 0 Å². The van der Waals surface area contributed by atoms with Crippen LogP contribution in [-0.4, -0.2) is 35.7 Å². The summed E-state index contributed by atoms with van der Waals surface area (Å²) >= 11 is 0. The van der Waals surface area contributed by atoms with E-state index in [1.165, 1.54) is 0 Å². The molecule has 1 amide bonds. The largest absolute Gasteiger partial charge is 0.480 e. The lowest BCUT2D eigenvalue weighted by molar-refractivity contribution is -0.143. The zero-order chi connectivity index (χ0) is 12.6. The lowest BCUT2D eigenvalue weighted by atomic mass is 10.2. The summed E-state index contributed by atoms with van der Waals surface area (Å²) in [5.74, 6) is -1.45. The molecule has 0 saturated carbocycles. The standard InChI is InChI=1S/C11H19NO4/c1-4-6-7-9(11(14)15)12-10(13)8(3)16-5-2/h4,6,8-9H,5,7H2,1-3H3,(H,12,13)(H,14,15)/b6-4+. The monoisotopic (exact) mass is 229 g/mol. The van der Waals surface area contributed by atoms with Gasteiger partial charge in [0.1, 0.15) is 12.1 Å². The number of hydrogen-bond acceptors (Lipinski definition) is 3. The van der Waals surface area contributed by atoms with Gasteiger partial charge in [-0.3, -0.25) is 4.79 Å². The summed E-state index contributed by atoms with van der Waals surface area (Å²) in [6, 6.07) is -0.897. The highest BCUT2D eigenvalue weighted by atomic mass is 16.5. The van der Waals surface area contributed by atoms with E-state index in [9.17, 15) is 9.59 Å². The third kappa shape index (κ3) is 5.50. The Morgan fingerprint density at radius 3 is 2.56 bits per heavy atom. The van der Waals surface area contributed by atoms with Crippen molar-refractivity contribution in [1.29, 1.82) is 0 Å². The predicted molar refractivity (Wildman–Crippen MR) is 60.1 cm³/mol. The Labute approximate surface area is 95.5 Å². The molecule has 0 aliphatic rings. The summed E-state index contributed by atoms with van der Waals surface area (Å²) in [6.07, 6.45) is 3.09. The SMILES string of the molecule is C/C=C/CC(NC(=O)C(C)OCC)C(=O)O. The van der Waals surface area contributed by atoms with E-state index in [1.54, 1.807) is 32.9 Å². The van der Waals surface area contributed by atoms with Crippen molar-refractivity contribution in [3.05, 3.63) is 12.2 Å². The van der Waals surface area contributed by atoms with Gasteiger partial charge in [-0.15, -0.1) is 0 Å². The Kier molecular flexibility index (Phi) is 7.20. The van der Waals surface area contributed by atoms with Gasteiger partial charge in [-0.2, -0.15) is 0 Å². The minimum absolute atomic E-state index is 0.274. The van der Waals surface area contributed by atoms with E-state index in [0.29, 0.717) is 6.61 Å². The molecule has 0 heterocycles. The van der Waals surface area contributed by atoms with Gasteiger partial charge in [0.25, 0.3) is 0 Å². The highest BCUT2D eigenvalue weighted by molar-refractivity contribution is 5.86. The molecule has 0 saturated heterocycles. The van der Waals surface area contributed by atoms with Gasteiger partial charge in [-0.25, -0.2) is 4.79 Å². The van der Waals surface area contributed by atoms with E-state index in [4.69, 9.17) is 9.84 Å². The van der Waals surface area contributed by atoms with E-state index in [1.807, 2.05) is 0 Å². The maximum absolute atomic E-state index is 11.5. The van der Waals surface area contributed by atoms with E-state index < -0.39 is 24.0 Å². The van der Waals surface area contributed by atoms with Gasteiger partial charge in [0.2, 0.25) is 5.91 Å². The fourth-order valence-electron chi connectivity index (χ4n) is 1.11. The van der Waals surface area contributed by atoms with Crippen LogP contribution < -0.4 is 5.32 Å². The van der Waals surface area contributed by atoms with Gasteiger partial charge in [0.05, 0.1) is 0 Å². The molecular weight excluding hydrogens is 210 g/mol. The van der Waals surface area contributed by atoms with Crippen LogP contribution in [0.1, 0.15) is 27.2 Å². The van der Waals surface area contributed by atoms with E-state index in [2.05, 4.69) is 5.32 Å². The van der Waals surface area contributed by atoms with E-state index in [-0.39, 0.29) is 6.42 Å². The van der Waals surface area contributed by atoms with Crippen LogP contribution in [0.4, 0.5) is 0 Å². The van der Waals surface area contributed by atoms with Crippen molar-refractivity contribution in [2.24, 2.45) is 0 Å². The number of ether oxygens (including phenoxy) is 1. The van der Waals surface area contributed by atoms with E-state index >= 15 is 0 Å². The summed E-state index contributed by atoms with van der Waals surface area (Å²) in [5, 5.41) is 11.3. The molecule has 0 aliphatic heterocycles. The Morgan fingerprint density at radius 1 is 1.50 bits per heavy atom. The van der Waals surface area contributed by atoms with Crippen molar-refractivity contribution in [2.45, 2.75) is 39.3 Å². The molecule has 5 heteroatoms. The maximum atomic E-state index is 11.5. The fourth-order valence-corrected chi connectivity index (χ4v) is 1.11. The molecule has 5 nitrogen and oxygen atoms in total. The van der Waals surface area contributed by atoms with Gasteiger partial charge in [0.15, 0.2) is 0 Å². The van der Waals surface area contributed by atoms with Crippen LogP contribution in [0.3, 0.4) is 0 Å². The Balaban J connectivity index is 4.28. The smallest absolute Gasteiger partial charge is 0.326 e. The van der Waals surface area contributed by atoms with Crippen molar-refractivity contribution in [3.63, 3.8) is 0 Å². The first-order valence-electron chi connectivity index (χ1n) is 5.28. The summed E-state index contributed by atoms with van der Waals surface area (Å²) in [5.41, 5.74) is 0. The number of aliphatic carboxylic acids is 1. The molecule has 0 fully saturated rings. The number of hydrogen-bond donors (Lipinski definition) is 2.